The normalized spacial score (nSPS) is 23.7. The third-order valence-corrected chi connectivity index (χ3v) is 3.62. The molecule has 5 heteroatoms. The Morgan fingerprint density at radius 1 is 1.37 bits per heavy atom. The summed E-state index contributed by atoms with van der Waals surface area (Å²) in [4.78, 5) is 25.5. The molecule has 0 radical (unpaired) electrons. The van der Waals surface area contributed by atoms with Gasteiger partial charge in [0.25, 0.3) is 0 Å². The predicted octanol–water partition coefficient (Wildman–Crippen LogP) is 1.62. The molecule has 1 heterocycles. The van der Waals surface area contributed by atoms with Crippen LogP contribution in [0.3, 0.4) is 0 Å². The zero-order chi connectivity index (χ0) is 14.7. The van der Waals surface area contributed by atoms with Crippen LogP contribution in [-0.4, -0.2) is 46.1 Å². The molecule has 0 bridgehead atoms. The number of likely N-dealkylation sites (tertiary alicyclic amines) is 1. The Hall–Kier alpha value is -1.10. The fourth-order valence-corrected chi connectivity index (χ4v) is 2.68. The molecule has 0 aromatic heterocycles. The molecule has 1 rings (SSSR count). The van der Waals surface area contributed by atoms with Crippen molar-refractivity contribution in [1.82, 2.24) is 10.2 Å². The molecule has 110 valence electrons. The summed E-state index contributed by atoms with van der Waals surface area (Å²) in [5.74, 6) is -0.973. The molecule has 1 saturated heterocycles. The minimum Gasteiger partial charge on any atom is -0.479 e. The van der Waals surface area contributed by atoms with E-state index in [2.05, 4.69) is 5.32 Å². The molecular weight excluding hydrogens is 244 g/mol. The van der Waals surface area contributed by atoms with E-state index in [0.29, 0.717) is 19.4 Å². The maximum absolute atomic E-state index is 12.3. The molecule has 2 N–H and O–H groups in total. The Labute approximate surface area is 115 Å². The van der Waals surface area contributed by atoms with E-state index >= 15 is 0 Å². The third kappa shape index (κ3) is 3.69. The maximum atomic E-state index is 12.3. The second kappa shape index (κ2) is 5.90. The lowest BCUT2D eigenvalue weighted by molar-refractivity contribution is -0.156. The molecule has 1 fully saturated rings. The van der Waals surface area contributed by atoms with Gasteiger partial charge in [-0.1, -0.05) is 13.3 Å². The van der Waals surface area contributed by atoms with Gasteiger partial charge < -0.3 is 15.3 Å². The molecule has 1 unspecified atom stereocenters. The molecule has 1 aliphatic rings. The SMILES string of the molecule is CCCC1(C(=O)O)CCCN1C(=O)CNC(C)(C)C. The molecular formula is C14H26N2O3. The predicted molar refractivity (Wildman–Crippen MR) is 74.0 cm³/mol. The van der Waals surface area contributed by atoms with Gasteiger partial charge in [-0.2, -0.15) is 0 Å². The number of carboxylic acid groups (broad SMARTS) is 1. The van der Waals surface area contributed by atoms with Crippen LogP contribution in [0.2, 0.25) is 0 Å². The first kappa shape index (κ1) is 16.0. The second-order valence-corrected chi connectivity index (χ2v) is 6.34. The lowest BCUT2D eigenvalue weighted by atomic mass is 9.90. The van der Waals surface area contributed by atoms with Gasteiger partial charge in [-0.25, -0.2) is 4.79 Å². The van der Waals surface area contributed by atoms with Crippen LogP contribution < -0.4 is 5.32 Å². The van der Waals surface area contributed by atoms with Crippen LogP contribution in [0.1, 0.15) is 53.4 Å². The largest absolute Gasteiger partial charge is 0.479 e. The Morgan fingerprint density at radius 2 is 2.00 bits per heavy atom. The highest BCUT2D eigenvalue weighted by Crippen LogP contribution is 2.34. The number of carboxylic acids is 1. The molecule has 0 aromatic carbocycles. The molecule has 19 heavy (non-hydrogen) atoms. The van der Waals surface area contributed by atoms with E-state index in [9.17, 15) is 14.7 Å². The first-order chi connectivity index (χ1) is 8.73. The van der Waals surface area contributed by atoms with E-state index in [1.807, 2.05) is 27.7 Å². The quantitative estimate of drug-likeness (QED) is 0.796. The van der Waals surface area contributed by atoms with Gasteiger partial charge in [0.15, 0.2) is 0 Å². The average molecular weight is 270 g/mol. The molecule has 1 atom stereocenters. The van der Waals surface area contributed by atoms with Crippen LogP contribution in [0.5, 0.6) is 0 Å². The summed E-state index contributed by atoms with van der Waals surface area (Å²) in [5.41, 5.74) is -1.13. The van der Waals surface area contributed by atoms with Crippen molar-refractivity contribution in [1.29, 1.82) is 0 Å². The van der Waals surface area contributed by atoms with Gasteiger partial charge in [0.05, 0.1) is 6.54 Å². The van der Waals surface area contributed by atoms with E-state index in [0.717, 1.165) is 12.8 Å². The third-order valence-electron chi connectivity index (χ3n) is 3.62. The van der Waals surface area contributed by atoms with Crippen LogP contribution in [0, 0.1) is 0 Å². The summed E-state index contributed by atoms with van der Waals surface area (Å²) in [6.07, 6.45) is 2.64. The van der Waals surface area contributed by atoms with Crippen LogP contribution in [0.25, 0.3) is 0 Å². The van der Waals surface area contributed by atoms with Gasteiger partial charge in [0.1, 0.15) is 5.54 Å². The van der Waals surface area contributed by atoms with Crippen molar-refractivity contribution >= 4 is 11.9 Å². The van der Waals surface area contributed by atoms with Gasteiger partial charge in [0, 0.05) is 12.1 Å². The zero-order valence-electron chi connectivity index (χ0n) is 12.5. The number of rotatable bonds is 5. The van der Waals surface area contributed by atoms with Crippen molar-refractivity contribution in [2.75, 3.05) is 13.1 Å². The van der Waals surface area contributed by atoms with Gasteiger partial charge in [-0.3, -0.25) is 4.79 Å². The average Bonchev–Trinajstić information content (AvgIpc) is 2.70. The first-order valence-electron chi connectivity index (χ1n) is 7.02. The van der Waals surface area contributed by atoms with Crippen molar-refractivity contribution in [3.63, 3.8) is 0 Å². The Balaban J connectivity index is 2.79. The number of aliphatic carboxylic acids is 1. The minimum absolute atomic E-state index is 0.108. The van der Waals surface area contributed by atoms with Crippen LogP contribution >= 0.6 is 0 Å². The first-order valence-corrected chi connectivity index (χ1v) is 7.02. The van der Waals surface area contributed by atoms with E-state index in [1.54, 1.807) is 4.90 Å². The molecule has 0 aliphatic carbocycles. The number of amides is 1. The highest BCUT2D eigenvalue weighted by molar-refractivity contribution is 5.88. The molecule has 0 aromatic rings. The minimum atomic E-state index is -0.981. The van der Waals surface area contributed by atoms with Gasteiger partial charge in [0.2, 0.25) is 5.91 Å². The summed E-state index contributed by atoms with van der Waals surface area (Å²) >= 11 is 0. The molecule has 1 amide bonds. The van der Waals surface area contributed by atoms with Gasteiger partial charge in [-0.05, 0) is 40.0 Å². The number of carbonyl (C=O) groups excluding carboxylic acids is 1. The smallest absolute Gasteiger partial charge is 0.329 e. The maximum Gasteiger partial charge on any atom is 0.329 e. The zero-order valence-corrected chi connectivity index (χ0v) is 12.5. The van der Waals surface area contributed by atoms with Crippen molar-refractivity contribution in [3.8, 4) is 0 Å². The summed E-state index contributed by atoms with van der Waals surface area (Å²) in [7, 11) is 0. The van der Waals surface area contributed by atoms with E-state index in [1.165, 1.54) is 0 Å². The Morgan fingerprint density at radius 3 is 2.47 bits per heavy atom. The summed E-state index contributed by atoms with van der Waals surface area (Å²) in [5, 5.41) is 12.7. The van der Waals surface area contributed by atoms with Crippen LogP contribution in [0.4, 0.5) is 0 Å². The number of hydrogen-bond donors (Lipinski definition) is 2. The monoisotopic (exact) mass is 270 g/mol. The summed E-state index contributed by atoms with van der Waals surface area (Å²) < 4.78 is 0. The standard InChI is InChI=1S/C14H26N2O3/c1-5-7-14(12(18)19)8-6-9-16(14)11(17)10-15-13(2,3)4/h15H,5-10H2,1-4H3,(H,18,19). The van der Waals surface area contributed by atoms with Gasteiger partial charge >= 0.3 is 5.97 Å². The van der Waals surface area contributed by atoms with Crippen molar-refractivity contribution in [3.05, 3.63) is 0 Å². The van der Waals surface area contributed by atoms with E-state index in [-0.39, 0.29) is 18.0 Å². The fourth-order valence-electron chi connectivity index (χ4n) is 2.68. The lowest BCUT2D eigenvalue weighted by Crippen LogP contribution is -2.56. The number of nitrogens with one attached hydrogen (secondary N) is 1. The van der Waals surface area contributed by atoms with Gasteiger partial charge in [-0.15, -0.1) is 0 Å². The number of nitrogens with zero attached hydrogens (tertiary/aromatic N) is 1. The fraction of sp³-hybridized carbons (Fsp3) is 0.857. The molecule has 0 spiro atoms. The van der Waals surface area contributed by atoms with Crippen molar-refractivity contribution in [2.24, 2.45) is 0 Å². The van der Waals surface area contributed by atoms with Crippen molar-refractivity contribution < 1.29 is 14.7 Å². The highest BCUT2D eigenvalue weighted by Gasteiger charge is 2.48. The van der Waals surface area contributed by atoms with E-state index in [4.69, 9.17) is 0 Å². The summed E-state index contributed by atoms with van der Waals surface area (Å²) in [6.45, 7) is 8.67. The van der Waals surface area contributed by atoms with Crippen molar-refractivity contribution in [2.45, 2.75) is 64.5 Å². The molecule has 5 nitrogen and oxygen atoms in total. The van der Waals surface area contributed by atoms with Crippen LogP contribution in [-0.2, 0) is 9.59 Å². The highest BCUT2D eigenvalue weighted by atomic mass is 16.4. The molecule has 1 aliphatic heterocycles. The summed E-state index contributed by atoms with van der Waals surface area (Å²) in [6, 6.07) is 0. The van der Waals surface area contributed by atoms with E-state index < -0.39 is 11.5 Å². The molecule has 0 saturated carbocycles. The van der Waals surface area contributed by atoms with Crippen LogP contribution in [0.15, 0.2) is 0 Å². The number of hydrogen-bond acceptors (Lipinski definition) is 3. The Bertz CT molecular complexity index is 349. The lowest BCUT2D eigenvalue weighted by Gasteiger charge is -2.35. The number of carbonyl (C=O) groups is 2. The Kier molecular flexibility index (Phi) is 4.96. The topological polar surface area (TPSA) is 69.6 Å². The second-order valence-electron chi connectivity index (χ2n) is 6.34.